The van der Waals surface area contributed by atoms with Gasteiger partial charge in [0.15, 0.2) is 0 Å². The average Bonchev–Trinajstić information content (AvgIpc) is 2.40. The van der Waals surface area contributed by atoms with Crippen molar-refractivity contribution < 1.29 is 9.50 Å². The smallest absolute Gasteiger partial charge is 0.123 e. The van der Waals surface area contributed by atoms with E-state index in [1.807, 2.05) is 37.3 Å². The van der Waals surface area contributed by atoms with Gasteiger partial charge in [-0.1, -0.05) is 55.8 Å². The summed E-state index contributed by atoms with van der Waals surface area (Å²) in [5.41, 5.74) is 0.297. The van der Waals surface area contributed by atoms with Gasteiger partial charge < -0.3 is 5.11 Å². The summed E-state index contributed by atoms with van der Waals surface area (Å²) >= 11 is 0. The van der Waals surface area contributed by atoms with E-state index in [2.05, 4.69) is 0 Å². The van der Waals surface area contributed by atoms with Crippen LogP contribution >= 0.6 is 0 Å². The molecule has 0 saturated carbocycles. The number of aliphatic hydroxyl groups is 1. The first-order valence-corrected chi connectivity index (χ1v) is 6.21. The maximum atomic E-state index is 13.3. The van der Waals surface area contributed by atoms with Crippen molar-refractivity contribution in [3.63, 3.8) is 0 Å². The zero-order valence-corrected chi connectivity index (χ0v) is 10.4. The molecule has 2 aromatic rings. The van der Waals surface area contributed by atoms with Gasteiger partial charge in [0.25, 0.3) is 0 Å². The predicted molar refractivity (Wildman–Crippen MR) is 70.7 cm³/mol. The molecular formula is C16H17FO. The Balaban J connectivity index is 2.50. The van der Waals surface area contributed by atoms with Crippen LogP contribution in [0.25, 0.3) is 0 Å². The predicted octanol–water partition coefficient (Wildman–Crippen LogP) is 3.86. The molecule has 0 radical (unpaired) electrons. The van der Waals surface area contributed by atoms with Crippen LogP contribution < -0.4 is 0 Å². The van der Waals surface area contributed by atoms with Gasteiger partial charge in [-0.05, 0) is 29.7 Å². The molecule has 2 rings (SSSR count). The molecule has 0 saturated heterocycles. The van der Waals surface area contributed by atoms with Gasteiger partial charge in [0.2, 0.25) is 0 Å². The number of benzene rings is 2. The topological polar surface area (TPSA) is 20.2 Å². The van der Waals surface area contributed by atoms with E-state index in [1.165, 1.54) is 12.1 Å². The highest BCUT2D eigenvalue weighted by Crippen LogP contribution is 2.34. The lowest BCUT2D eigenvalue weighted by Gasteiger charge is -2.29. The summed E-state index contributed by atoms with van der Waals surface area (Å²) in [7, 11) is 0. The van der Waals surface area contributed by atoms with Crippen LogP contribution in [0.5, 0.6) is 0 Å². The van der Waals surface area contributed by atoms with Gasteiger partial charge >= 0.3 is 0 Å². The molecule has 94 valence electrons. The van der Waals surface area contributed by atoms with Crippen molar-refractivity contribution in [2.75, 3.05) is 0 Å². The highest BCUT2D eigenvalue weighted by molar-refractivity contribution is 5.36. The number of hydrogen-bond acceptors (Lipinski definition) is 1. The first-order chi connectivity index (χ1) is 8.66. The fraction of sp³-hybridized carbons (Fsp3) is 0.250. The summed E-state index contributed by atoms with van der Waals surface area (Å²) in [5, 5.41) is 10.9. The molecule has 1 atom stereocenters. The lowest BCUT2D eigenvalue weighted by Crippen LogP contribution is -2.27. The fourth-order valence-corrected chi connectivity index (χ4v) is 2.28. The Bertz CT molecular complexity index is 510. The molecule has 2 heteroatoms. The minimum atomic E-state index is -1.11. The molecule has 0 aliphatic carbocycles. The Hall–Kier alpha value is -1.67. The van der Waals surface area contributed by atoms with E-state index in [-0.39, 0.29) is 5.82 Å². The second-order valence-corrected chi connectivity index (χ2v) is 4.49. The highest BCUT2D eigenvalue weighted by Gasteiger charge is 2.30. The van der Waals surface area contributed by atoms with Gasteiger partial charge in [0.1, 0.15) is 11.4 Å². The molecule has 0 aromatic heterocycles. The van der Waals surface area contributed by atoms with Gasteiger partial charge in [-0.15, -0.1) is 0 Å². The Morgan fingerprint density at radius 2 is 1.67 bits per heavy atom. The van der Waals surface area contributed by atoms with Crippen molar-refractivity contribution in [2.45, 2.75) is 25.4 Å². The van der Waals surface area contributed by atoms with E-state index >= 15 is 0 Å². The van der Waals surface area contributed by atoms with Gasteiger partial charge in [0.05, 0.1) is 0 Å². The van der Waals surface area contributed by atoms with E-state index in [1.54, 1.807) is 12.1 Å². The SMILES string of the molecule is CCCC(O)(c1ccccc1)c1cccc(F)c1. The maximum absolute atomic E-state index is 13.3. The molecule has 1 nitrogen and oxygen atoms in total. The van der Waals surface area contributed by atoms with Crippen LogP contribution in [0.4, 0.5) is 4.39 Å². The highest BCUT2D eigenvalue weighted by atomic mass is 19.1. The quantitative estimate of drug-likeness (QED) is 0.865. The van der Waals surface area contributed by atoms with Crippen LogP contribution in [0.15, 0.2) is 54.6 Å². The lowest BCUT2D eigenvalue weighted by atomic mass is 9.83. The molecule has 0 fully saturated rings. The van der Waals surface area contributed by atoms with Crippen LogP contribution in [-0.4, -0.2) is 5.11 Å². The van der Waals surface area contributed by atoms with Crippen molar-refractivity contribution in [1.29, 1.82) is 0 Å². The normalized spacial score (nSPS) is 14.2. The van der Waals surface area contributed by atoms with E-state index in [0.717, 1.165) is 12.0 Å². The largest absolute Gasteiger partial charge is 0.380 e. The molecule has 0 amide bonds. The van der Waals surface area contributed by atoms with Crippen LogP contribution in [0.1, 0.15) is 30.9 Å². The van der Waals surface area contributed by atoms with E-state index in [4.69, 9.17) is 0 Å². The Morgan fingerprint density at radius 3 is 2.28 bits per heavy atom. The number of halogens is 1. The summed E-state index contributed by atoms with van der Waals surface area (Å²) in [4.78, 5) is 0. The minimum Gasteiger partial charge on any atom is -0.380 e. The second-order valence-electron chi connectivity index (χ2n) is 4.49. The average molecular weight is 244 g/mol. The van der Waals surface area contributed by atoms with Gasteiger partial charge in [-0.2, -0.15) is 0 Å². The first-order valence-electron chi connectivity index (χ1n) is 6.21. The van der Waals surface area contributed by atoms with E-state index in [9.17, 15) is 9.50 Å². The molecule has 0 spiro atoms. The monoisotopic (exact) mass is 244 g/mol. The molecule has 0 aliphatic rings. The van der Waals surface area contributed by atoms with Gasteiger partial charge in [0, 0.05) is 0 Å². The van der Waals surface area contributed by atoms with Crippen molar-refractivity contribution in [3.05, 3.63) is 71.5 Å². The standard InChI is InChI=1S/C16H17FO/c1-2-11-16(18,13-7-4-3-5-8-13)14-9-6-10-15(17)12-14/h3-10,12,18H,2,11H2,1H3. The molecular weight excluding hydrogens is 227 g/mol. The Morgan fingerprint density at radius 1 is 1.00 bits per heavy atom. The summed E-state index contributed by atoms with van der Waals surface area (Å²) in [6.07, 6.45) is 1.39. The molecule has 0 bridgehead atoms. The summed E-state index contributed by atoms with van der Waals surface area (Å²) in [5.74, 6) is -0.321. The molecule has 0 heterocycles. The summed E-state index contributed by atoms with van der Waals surface area (Å²) in [6, 6.07) is 15.6. The Labute approximate surface area is 107 Å². The van der Waals surface area contributed by atoms with Gasteiger partial charge in [-0.25, -0.2) is 4.39 Å². The summed E-state index contributed by atoms with van der Waals surface area (Å²) < 4.78 is 13.3. The van der Waals surface area contributed by atoms with Crippen LogP contribution in [-0.2, 0) is 5.60 Å². The van der Waals surface area contributed by atoms with Crippen LogP contribution in [0, 0.1) is 5.82 Å². The third-order valence-electron chi connectivity index (χ3n) is 3.17. The third kappa shape index (κ3) is 2.44. The third-order valence-corrected chi connectivity index (χ3v) is 3.17. The molecule has 18 heavy (non-hydrogen) atoms. The molecule has 2 aromatic carbocycles. The second kappa shape index (κ2) is 5.32. The van der Waals surface area contributed by atoms with Crippen molar-refractivity contribution in [1.82, 2.24) is 0 Å². The van der Waals surface area contributed by atoms with E-state index < -0.39 is 5.60 Å². The molecule has 1 unspecified atom stereocenters. The molecule has 1 N–H and O–H groups in total. The maximum Gasteiger partial charge on any atom is 0.123 e. The van der Waals surface area contributed by atoms with Crippen molar-refractivity contribution in [3.8, 4) is 0 Å². The number of hydrogen-bond donors (Lipinski definition) is 1. The van der Waals surface area contributed by atoms with Gasteiger partial charge in [-0.3, -0.25) is 0 Å². The van der Waals surface area contributed by atoms with Crippen molar-refractivity contribution >= 4 is 0 Å². The van der Waals surface area contributed by atoms with E-state index in [0.29, 0.717) is 12.0 Å². The lowest BCUT2D eigenvalue weighted by molar-refractivity contribution is 0.0698. The Kier molecular flexibility index (Phi) is 3.78. The van der Waals surface area contributed by atoms with Crippen molar-refractivity contribution in [2.24, 2.45) is 0 Å². The zero-order valence-electron chi connectivity index (χ0n) is 10.4. The molecule has 0 aliphatic heterocycles. The van der Waals surface area contributed by atoms with Crippen LogP contribution in [0.3, 0.4) is 0 Å². The fourth-order valence-electron chi connectivity index (χ4n) is 2.28. The van der Waals surface area contributed by atoms with Crippen LogP contribution in [0.2, 0.25) is 0 Å². The zero-order chi connectivity index (χ0) is 13.0. The first kappa shape index (κ1) is 12.8. The summed E-state index contributed by atoms with van der Waals surface area (Å²) in [6.45, 7) is 2.01. The minimum absolute atomic E-state index is 0.321. The number of rotatable bonds is 4.